The van der Waals surface area contributed by atoms with Gasteiger partial charge in [-0.1, -0.05) is 18.2 Å². The van der Waals surface area contributed by atoms with Crippen molar-refractivity contribution in [3.63, 3.8) is 0 Å². The van der Waals surface area contributed by atoms with Gasteiger partial charge in [-0.2, -0.15) is 0 Å². The molecule has 0 aromatic heterocycles. The number of carbonyl (C=O) groups excluding carboxylic acids is 1. The van der Waals surface area contributed by atoms with Gasteiger partial charge in [0.15, 0.2) is 0 Å². The van der Waals surface area contributed by atoms with Crippen molar-refractivity contribution in [2.24, 2.45) is 0 Å². The van der Waals surface area contributed by atoms with Crippen molar-refractivity contribution in [1.29, 1.82) is 0 Å². The van der Waals surface area contributed by atoms with Crippen molar-refractivity contribution in [2.75, 3.05) is 52.1 Å². The molecular weight excluding hydrogens is 270 g/mol. The molecule has 0 radical (unpaired) electrons. The molecule has 0 unspecified atom stereocenters. The highest BCUT2D eigenvalue weighted by Crippen LogP contribution is 2.16. The van der Waals surface area contributed by atoms with Crippen LogP contribution >= 0.6 is 11.8 Å². The van der Waals surface area contributed by atoms with Gasteiger partial charge in [0.2, 0.25) is 5.91 Å². The van der Waals surface area contributed by atoms with Crippen LogP contribution in [0.15, 0.2) is 35.2 Å². The maximum Gasteiger partial charge on any atom is 0.236 e. The van der Waals surface area contributed by atoms with Crippen LogP contribution in [0.25, 0.3) is 0 Å². The van der Waals surface area contributed by atoms with Gasteiger partial charge in [0.1, 0.15) is 0 Å². The highest BCUT2D eigenvalue weighted by atomic mass is 32.2. The van der Waals surface area contributed by atoms with E-state index in [2.05, 4.69) is 34.5 Å². The first-order chi connectivity index (χ1) is 9.75. The van der Waals surface area contributed by atoms with Crippen molar-refractivity contribution in [1.82, 2.24) is 15.1 Å². The van der Waals surface area contributed by atoms with Gasteiger partial charge < -0.3 is 10.2 Å². The molecule has 4 nitrogen and oxygen atoms in total. The fraction of sp³-hybridized carbons (Fsp3) is 0.533. The Balaban J connectivity index is 1.64. The van der Waals surface area contributed by atoms with Crippen LogP contribution in [0.3, 0.4) is 0 Å². The van der Waals surface area contributed by atoms with Gasteiger partial charge in [-0.25, -0.2) is 0 Å². The Bertz CT molecular complexity index is 407. The molecule has 0 saturated carbocycles. The summed E-state index contributed by atoms with van der Waals surface area (Å²) in [6, 6.07) is 10.4. The van der Waals surface area contributed by atoms with Crippen LogP contribution in [-0.2, 0) is 4.79 Å². The number of nitrogens with one attached hydrogen (secondary N) is 1. The predicted octanol–water partition coefficient (Wildman–Crippen LogP) is 1.14. The van der Waals surface area contributed by atoms with Crippen LogP contribution in [0.1, 0.15) is 0 Å². The van der Waals surface area contributed by atoms with E-state index in [-0.39, 0.29) is 5.91 Å². The van der Waals surface area contributed by atoms with E-state index in [1.54, 1.807) is 0 Å². The lowest BCUT2D eigenvalue weighted by atomic mass is 10.3. The third-order valence-corrected chi connectivity index (χ3v) is 4.35. The Labute approximate surface area is 125 Å². The monoisotopic (exact) mass is 293 g/mol. The van der Waals surface area contributed by atoms with Crippen molar-refractivity contribution < 1.29 is 4.79 Å². The van der Waals surface area contributed by atoms with Crippen LogP contribution in [0.4, 0.5) is 0 Å². The van der Waals surface area contributed by atoms with E-state index in [0.29, 0.717) is 6.54 Å². The number of piperazine rings is 1. The molecule has 1 N–H and O–H groups in total. The van der Waals surface area contributed by atoms with E-state index in [4.69, 9.17) is 0 Å². The quantitative estimate of drug-likeness (QED) is 0.798. The molecule has 5 heteroatoms. The van der Waals surface area contributed by atoms with Crippen LogP contribution < -0.4 is 5.32 Å². The number of nitrogens with zero attached hydrogens (tertiary/aromatic N) is 2. The summed E-state index contributed by atoms with van der Waals surface area (Å²) in [5, 5.41) is 3.26. The van der Waals surface area contributed by atoms with E-state index in [1.165, 1.54) is 4.90 Å². The Hall–Kier alpha value is -1.04. The van der Waals surface area contributed by atoms with Gasteiger partial charge in [0.05, 0.1) is 6.54 Å². The second kappa shape index (κ2) is 8.29. The minimum absolute atomic E-state index is 0.249. The normalized spacial score (nSPS) is 15.6. The summed E-state index contributed by atoms with van der Waals surface area (Å²) >= 11 is 1.83. The number of rotatable bonds is 6. The van der Waals surface area contributed by atoms with Crippen LogP contribution in [0.2, 0.25) is 0 Å². The number of hydrogen-bond donors (Lipinski definition) is 1. The number of thioether (sulfide) groups is 1. The molecule has 0 bridgehead atoms. The maximum absolute atomic E-state index is 12.1. The standard InChI is InChI=1S/C15H23N3OS/c1-17(11-12-20-14-5-3-2-4-6-14)13-15(19)18-9-7-16-8-10-18/h2-6,16H,7-13H2,1H3. The summed E-state index contributed by atoms with van der Waals surface area (Å²) in [5.74, 6) is 1.26. The first-order valence-electron chi connectivity index (χ1n) is 7.10. The lowest BCUT2D eigenvalue weighted by Crippen LogP contribution is -2.49. The molecule has 0 spiro atoms. The summed E-state index contributed by atoms with van der Waals surface area (Å²) < 4.78 is 0. The van der Waals surface area contributed by atoms with Crippen molar-refractivity contribution >= 4 is 17.7 Å². The topological polar surface area (TPSA) is 35.6 Å². The number of amides is 1. The van der Waals surface area contributed by atoms with Gasteiger partial charge in [-0.3, -0.25) is 9.69 Å². The van der Waals surface area contributed by atoms with E-state index >= 15 is 0 Å². The Morgan fingerprint density at radius 1 is 1.30 bits per heavy atom. The summed E-state index contributed by atoms with van der Waals surface area (Å²) in [7, 11) is 2.02. The number of likely N-dealkylation sites (N-methyl/N-ethyl adjacent to an activating group) is 1. The summed E-state index contributed by atoms with van der Waals surface area (Å²) in [6.07, 6.45) is 0. The summed E-state index contributed by atoms with van der Waals surface area (Å²) in [4.78, 5) is 17.4. The Kier molecular flexibility index (Phi) is 6.36. The molecule has 1 fully saturated rings. The Morgan fingerprint density at radius 3 is 2.70 bits per heavy atom. The molecule has 0 atom stereocenters. The van der Waals surface area contributed by atoms with Crippen molar-refractivity contribution in [3.05, 3.63) is 30.3 Å². The molecule has 1 amide bonds. The molecule has 1 heterocycles. The first-order valence-corrected chi connectivity index (χ1v) is 8.09. The maximum atomic E-state index is 12.1. The van der Waals surface area contributed by atoms with Gasteiger partial charge in [-0.05, 0) is 19.2 Å². The summed E-state index contributed by atoms with van der Waals surface area (Å²) in [5.41, 5.74) is 0. The number of hydrogen-bond acceptors (Lipinski definition) is 4. The third kappa shape index (κ3) is 5.15. The average Bonchev–Trinajstić information content (AvgIpc) is 2.49. The molecule has 2 rings (SSSR count). The minimum atomic E-state index is 0.249. The minimum Gasteiger partial charge on any atom is -0.339 e. The molecule has 1 aliphatic heterocycles. The van der Waals surface area contributed by atoms with E-state index in [9.17, 15) is 4.79 Å². The second-order valence-electron chi connectivity index (χ2n) is 5.03. The first kappa shape index (κ1) is 15.4. The molecule has 1 aliphatic rings. The van der Waals surface area contributed by atoms with Crippen molar-refractivity contribution in [2.45, 2.75) is 4.90 Å². The summed E-state index contributed by atoms with van der Waals surface area (Å²) in [6.45, 7) is 4.96. The largest absolute Gasteiger partial charge is 0.339 e. The molecular formula is C15H23N3OS. The molecule has 1 saturated heterocycles. The zero-order valence-electron chi connectivity index (χ0n) is 12.0. The smallest absolute Gasteiger partial charge is 0.236 e. The SMILES string of the molecule is CN(CCSc1ccccc1)CC(=O)N1CCNCC1. The van der Waals surface area contributed by atoms with Crippen LogP contribution in [0.5, 0.6) is 0 Å². The molecule has 1 aromatic carbocycles. The number of benzene rings is 1. The lowest BCUT2D eigenvalue weighted by Gasteiger charge is -2.29. The van der Waals surface area contributed by atoms with Crippen LogP contribution in [0, 0.1) is 0 Å². The van der Waals surface area contributed by atoms with E-state index in [0.717, 1.165) is 38.5 Å². The van der Waals surface area contributed by atoms with Gasteiger partial charge in [0, 0.05) is 43.4 Å². The highest BCUT2D eigenvalue weighted by molar-refractivity contribution is 7.99. The lowest BCUT2D eigenvalue weighted by molar-refractivity contribution is -0.132. The van der Waals surface area contributed by atoms with Gasteiger partial charge in [0.25, 0.3) is 0 Å². The average molecular weight is 293 g/mol. The third-order valence-electron chi connectivity index (χ3n) is 3.36. The molecule has 20 heavy (non-hydrogen) atoms. The van der Waals surface area contributed by atoms with E-state index < -0.39 is 0 Å². The zero-order valence-corrected chi connectivity index (χ0v) is 12.9. The Morgan fingerprint density at radius 2 is 2.00 bits per heavy atom. The van der Waals surface area contributed by atoms with Crippen molar-refractivity contribution in [3.8, 4) is 0 Å². The highest BCUT2D eigenvalue weighted by Gasteiger charge is 2.17. The van der Waals surface area contributed by atoms with Gasteiger partial charge in [-0.15, -0.1) is 11.8 Å². The molecule has 0 aliphatic carbocycles. The fourth-order valence-corrected chi connectivity index (χ4v) is 3.15. The zero-order chi connectivity index (χ0) is 14.2. The number of carbonyl (C=O) groups is 1. The predicted molar refractivity (Wildman–Crippen MR) is 84.1 cm³/mol. The van der Waals surface area contributed by atoms with Gasteiger partial charge >= 0.3 is 0 Å². The molecule has 110 valence electrons. The fourth-order valence-electron chi connectivity index (χ4n) is 2.16. The second-order valence-corrected chi connectivity index (χ2v) is 6.20. The van der Waals surface area contributed by atoms with E-state index in [1.807, 2.05) is 29.8 Å². The van der Waals surface area contributed by atoms with Crippen LogP contribution in [-0.4, -0.2) is 67.8 Å². The molecule has 1 aromatic rings.